The Hall–Kier alpha value is -2.11. The van der Waals surface area contributed by atoms with Gasteiger partial charge in [0, 0.05) is 17.6 Å². The first-order chi connectivity index (χ1) is 10.1. The van der Waals surface area contributed by atoms with E-state index in [1.165, 1.54) is 6.07 Å². The molecule has 0 spiro atoms. The fourth-order valence-electron chi connectivity index (χ4n) is 1.90. The van der Waals surface area contributed by atoms with Crippen LogP contribution in [-0.2, 0) is 13.2 Å². The lowest BCUT2D eigenvalue weighted by Gasteiger charge is -2.08. The first-order valence-corrected chi connectivity index (χ1v) is 6.77. The molecule has 0 aliphatic carbocycles. The van der Waals surface area contributed by atoms with Gasteiger partial charge in [-0.15, -0.1) is 0 Å². The van der Waals surface area contributed by atoms with Crippen LogP contribution in [0, 0.1) is 10.1 Å². The third-order valence-electron chi connectivity index (χ3n) is 2.94. The molecule has 0 saturated carbocycles. The maximum absolute atomic E-state index is 11.0. The molecule has 0 saturated heterocycles. The highest BCUT2D eigenvalue weighted by Gasteiger charge is 2.14. The average molecular weight is 307 g/mol. The normalized spacial score (nSPS) is 10.4. The van der Waals surface area contributed by atoms with E-state index in [1.807, 2.05) is 31.3 Å². The Kier molecular flexibility index (Phi) is 5.14. The number of nitrogens with zero attached hydrogens (tertiary/aromatic N) is 1. The quantitative estimate of drug-likeness (QED) is 0.655. The lowest BCUT2D eigenvalue weighted by Crippen LogP contribution is -2.05. The Balaban J connectivity index is 2.07. The zero-order chi connectivity index (χ0) is 15.2. The molecule has 0 aliphatic heterocycles. The van der Waals surface area contributed by atoms with Crippen LogP contribution in [0.15, 0.2) is 42.5 Å². The minimum Gasteiger partial charge on any atom is -0.489 e. The monoisotopic (exact) mass is 306 g/mol. The van der Waals surface area contributed by atoms with Crippen molar-refractivity contribution in [2.24, 2.45) is 0 Å². The molecule has 2 aromatic rings. The third kappa shape index (κ3) is 4.18. The molecule has 0 heterocycles. The van der Waals surface area contributed by atoms with E-state index >= 15 is 0 Å². The highest BCUT2D eigenvalue weighted by atomic mass is 35.5. The minimum absolute atomic E-state index is 0.0331. The number of hydrogen-bond acceptors (Lipinski definition) is 4. The van der Waals surface area contributed by atoms with Gasteiger partial charge in [0.1, 0.15) is 12.4 Å². The average Bonchev–Trinajstić information content (AvgIpc) is 2.47. The van der Waals surface area contributed by atoms with Gasteiger partial charge in [0.25, 0.3) is 5.69 Å². The van der Waals surface area contributed by atoms with Crippen molar-refractivity contribution in [3.8, 4) is 5.75 Å². The second-order valence-electron chi connectivity index (χ2n) is 4.49. The zero-order valence-electron chi connectivity index (χ0n) is 11.5. The van der Waals surface area contributed by atoms with E-state index in [-0.39, 0.29) is 12.3 Å². The SMILES string of the molecule is CNCc1ccc(OCc2ccc(Cl)cc2[N+](=O)[O-])cc1. The summed E-state index contributed by atoms with van der Waals surface area (Å²) in [5.41, 5.74) is 1.60. The summed E-state index contributed by atoms with van der Waals surface area (Å²) in [5.74, 6) is 0.666. The van der Waals surface area contributed by atoms with Crippen LogP contribution in [0.5, 0.6) is 5.75 Å². The molecule has 5 nitrogen and oxygen atoms in total. The second kappa shape index (κ2) is 7.06. The fourth-order valence-corrected chi connectivity index (χ4v) is 2.06. The van der Waals surface area contributed by atoms with E-state index in [4.69, 9.17) is 16.3 Å². The topological polar surface area (TPSA) is 64.4 Å². The maximum atomic E-state index is 11.0. The molecule has 0 fully saturated rings. The fraction of sp³-hybridized carbons (Fsp3) is 0.200. The van der Waals surface area contributed by atoms with Gasteiger partial charge in [-0.1, -0.05) is 23.7 Å². The van der Waals surface area contributed by atoms with Gasteiger partial charge in [-0.05, 0) is 36.9 Å². The Morgan fingerprint density at radius 3 is 2.57 bits per heavy atom. The van der Waals surface area contributed by atoms with Crippen molar-refractivity contribution in [2.45, 2.75) is 13.2 Å². The standard InChI is InChI=1S/C15H15ClN2O3/c1-17-9-11-2-6-14(7-3-11)21-10-12-4-5-13(16)8-15(12)18(19)20/h2-8,17H,9-10H2,1H3. The predicted octanol–water partition coefficient (Wildman–Crippen LogP) is 3.55. The summed E-state index contributed by atoms with van der Waals surface area (Å²) in [7, 11) is 1.88. The summed E-state index contributed by atoms with van der Waals surface area (Å²) in [6.07, 6.45) is 0. The highest BCUT2D eigenvalue weighted by Crippen LogP contribution is 2.24. The second-order valence-corrected chi connectivity index (χ2v) is 4.93. The maximum Gasteiger partial charge on any atom is 0.277 e. The molecule has 0 atom stereocenters. The van der Waals surface area contributed by atoms with E-state index in [0.29, 0.717) is 16.3 Å². The highest BCUT2D eigenvalue weighted by molar-refractivity contribution is 6.30. The van der Waals surface area contributed by atoms with Crippen LogP contribution in [0.2, 0.25) is 5.02 Å². The Labute approximate surface area is 127 Å². The number of nitro benzene ring substituents is 1. The first-order valence-electron chi connectivity index (χ1n) is 6.39. The lowest BCUT2D eigenvalue weighted by molar-refractivity contribution is -0.385. The van der Waals surface area contributed by atoms with Gasteiger partial charge in [0.15, 0.2) is 0 Å². The first kappa shape index (κ1) is 15.3. The van der Waals surface area contributed by atoms with Crippen LogP contribution in [0.25, 0.3) is 0 Å². The number of ether oxygens (including phenoxy) is 1. The van der Waals surface area contributed by atoms with E-state index < -0.39 is 4.92 Å². The lowest BCUT2D eigenvalue weighted by atomic mass is 10.2. The van der Waals surface area contributed by atoms with Crippen molar-refractivity contribution < 1.29 is 9.66 Å². The number of benzene rings is 2. The van der Waals surface area contributed by atoms with E-state index in [9.17, 15) is 10.1 Å². The smallest absolute Gasteiger partial charge is 0.277 e. The third-order valence-corrected chi connectivity index (χ3v) is 3.18. The number of nitrogens with one attached hydrogen (secondary N) is 1. The molecule has 110 valence electrons. The zero-order valence-corrected chi connectivity index (χ0v) is 12.3. The van der Waals surface area contributed by atoms with Gasteiger partial charge in [0.05, 0.1) is 10.5 Å². The molecular formula is C15H15ClN2O3. The van der Waals surface area contributed by atoms with E-state index in [2.05, 4.69) is 5.32 Å². The molecule has 2 aromatic carbocycles. The molecule has 0 amide bonds. The molecule has 2 rings (SSSR count). The van der Waals surface area contributed by atoms with Crippen molar-refractivity contribution in [3.63, 3.8) is 0 Å². The largest absolute Gasteiger partial charge is 0.489 e. The molecule has 0 bridgehead atoms. The molecule has 0 aliphatic rings. The van der Waals surface area contributed by atoms with Gasteiger partial charge in [-0.2, -0.15) is 0 Å². The molecule has 0 radical (unpaired) electrons. The molecule has 0 unspecified atom stereocenters. The number of rotatable bonds is 6. The molecule has 21 heavy (non-hydrogen) atoms. The van der Waals surface area contributed by atoms with Crippen LogP contribution in [0.4, 0.5) is 5.69 Å². The van der Waals surface area contributed by atoms with E-state index in [1.54, 1.807) is 12.1 Å². The van der Waals surface area contributed by atoms with Gasteiger partial charge < -0.3 is 10.1 Å². The van der Waals surface area contributed by atoms with Crippen molar-refractivity contribution in [3.05, 3.63) is 68.7 Å². The summed E-state index contributed by atoms with van der Waals surface area (Å²) in [6, 6.07) is 12.1. The number of hydrogen-bond donors (Lipinski definition) is 1. The number of nitro groups is 1. The van der Waals surface area contributed by atoms with Crippen LogP contribution >= 0.6 is 11.6 Å². The van der Waals surface area contributed by atoms with Crippen LogP contribution < -0.4 is 10.1 Å². The van der Waals surface area contributed by atoms with Crippen molar-refractivity contribution in [1.29, 1.82) is 0 Å². The summed E-state index contributed by atoms with van der Waals surface area (Å²) in [4.78, 5) is 10.5. The van der Waals surface area contributed by atoms with Crippen LogP contribution in [0.3, 0.4) is 0 Å². The van der Waals surface area contributed by atoms with Gasteiger partial charge in [0.2, 0.25) is 0 Å². The van der Waals surface area contributed by atoms with Crippen molar-refractivity contribution in [1.82, 2.24) is 5.32 Å². The summed E-state index contributed by atoms with van der Waals surface area (Å²) < 4.78 is 5.59. The Morgan fingerprint density at radius 2 is 1.95 bits per heavy atom. The van der Waals surface area contributed by atoms with Gasteiger partial charge in [-0.3, -0.25) is 10.1 Å². The molecular weight excluding hydrogens is 292 g/mol. The van der Waals surface area contributed by atoms with Crippen molar-refractivity contribution in [2.75, 3.05) is 7.05 Å². The van der Waals surface area contributed by atoms with Crippen LogP contribution in [0.1, 0.15) is 11.1 Å². The summed E-state index contributed by atoms with van der Waals surface area (Å²) >= 11 is 5.77. The molecule has 0 aromatic heterocycles. The minimum atomic E-state index is -0.458. The predicted molar refractivity (Wildman–Crippen MR) is 81.6 cm³/mol. The molecule has 1 N–H and O–H groups in total. The number of halogens is 1. The van der Waals surface area contributed by atoms with Gasteiger partial charge >= 0.3 is 0 Å². The molecule has 6 heteroatoms. The Morgan fingerprint density at radius 1 is 1.24 bits per heavy atom. The van der Waals surface area contributed by atoms with Gasteiger partial charge in [-0.25, -0.2) is 0 Å². The summed E-state index contributed by atoms with van der Waals surface area (Å²) in [6.45, 7) is 0.905. The van der Waals surface area contributed by atoms with E-state index in [0.717, 1.165) is 12.1 Å². The Bertz CT molecular complexity index is 629. The summed E-state index contributed by atoms with van der Waals surface area (Å²) in [5, 5.41) is 14.4. The van der Waals surface area contributed by atoms with Crippen molar-refractivity contribution >= 4 is 17.3 Å². The van der Waals surface area contributed by atoms with Crippen LogP contribution in [-0.4, -0.2) is 12.0 Å².